The van der Waals surface area contributed by atoms with Gasteiger partial charge in [-0.15, -0.1) is 0 Å². The lowest BCUT2D eigenvalue weighted by Gasteiger charge is -2.36. The Kier molecular flexibility index (Phi) is 6.71. The fourth-order valence-electron chi connectivity index (χ4n) is 3.03. The Morgan fingerprint density at radius 3 is 2.27 bits per heavy atom. The summed E-state index contributed by atoms with van der Waals surface area (Å²) in [4.78, 5) is 4.97. The molecule has 22 heavy (non-hydrogen) atoms. The van der Waals surface area contributed by atoms with Crippen molar-refractivity contribution in [1.82, 2.24) is 9.80 Å². The third-order valence-electron chi connectivity index (χ3n) is 4.75. The lowest BCUT2D eigenvalue weighted by Crippen LogP contribution is -2.45. The number of rotatable bonds is 7. The van der Waals surface area contributed by atoms with E-state index in [0.29, 0.717) is 12.1 Å². The van der Waals surface area contributed by atoms with Crippen molar-refractivity contribution in [1.29, 1.82) is 0 Å². The van der Waals surface area contributed by atoms with E-state index >= 15 is 0 Å². The Labute approximate surface area is 136 Å². The van der Waals surface area contributed by atoms with Crippen LogP contribution in [0.4, 0.5) is 0 Å². The van der Waals surface area contributed by atoms with Crippen LogP contribution in [0.3, 0.4) is 0 Å². The Hall–Kier alpha value is -1.06. The van der Waals surface area contributed by atoms with Crippen molar-refractivity contribution < 1.29 is 4.74 Å². The van der Waals surface area contributed by atoms with Gasteiger partial charge < -0.3 is 9.64 Å². The SMILES string of the molecule is CCCCC(C)Oc1ccc(C(C)N2CCN(C)CC2)cc1. The van der Waals surface area contributed by atoms with Crippen molar-refractivity contribution in [3.8, 4) is 5.75 Å². The van der Waals surface area contributed by atoms with E-state index in [1.54, 1.807) is 0 Å². The first-order chi connectivity index (χ1) is 10.6. The molecule has 1 saturated heterocycles. The van der Waals surface area contributed by atoms with Gasteiger partial charge in [-0.1, -0.05) is 31.9 Å². The fraction of sp³-hybridized carbons (Fsp3) is 0.684. The molecule has 3 nitrogen and oxygen atoms in total. The first-order valence-corrected chi connectivity index (χ1v) is 8.79. The Morgan fingerprint density at radius 1 is 1.05 bits per heavy atom. The zero-order valence-corrected chi connectivity index (χ0v) is 14.7. The number of nitrogens with zero attached hydrogens (tertiary/aromatic N) is 2. The molecule has 1 aliphatic heterocycles. The fourth-order valence-corrected chi connectivity index (χ4v) is 3.03. The molecular weight excluding hydrogens is 272 g/mol. The van der Waals surface area contributed by atoms with Crippen LogP contribution in [-0.4, -0.2) is 49.1 Å². The summed E-state index contributed by atoms with van der Waals surface area (Å²) >= 11 is 0. The van der Waals surface area contributed by atoms with Crippen LogP contribution in [0.25, 0.3) is 0 Å². The average Bonchev–Trinajstić information content (AvgIpc) is 2.54. The molecule has 0 spiro atoms. The lowest BCUT2D eigenvalue weighted by atomic mass is 10.1. The van der Waals surface area contributed by atoms with E-state index in [-0.39, 0.29) is 0 Å². The minimum Gasteiger partial charge on any atom is -0.491 e. The van der Waals surface area contributed by atoms with E-state index < -0.39 is 0 Å². The van der Waals surface area contributed by atoms with Crippen LogP contribution in [-0.2, 0) is 0 Å². The molecule has 124 valence electrons. The van der Waals surface area contributed by atoms with Crippen LogP contribution < -0.4 is 4.74 Å². The summed E-state index contributed by atoms with van der Waals surface area (Å²) in [7, 11) is 2.20. The van der Waals surface area contributed by atoms with E-state index in [0.717, 1.165) is 25.3 Å². The van der Waals surface area contributed by atoms with Crippen LogP contribution in [0.5, 0.6) is 5.75 Å². The second-order valence-electron chi connectivity index (χ2n) is 6.65. The molecule has 0 N–H and O–H groups in total. The maximum atomic E-state index is 5.99. The van der Waals surface area contributed by atoms with Gasteiger partial charge in [0.2, 0.25) is 0 Å². The van der Waals surface area contributed by atoms with Crippen molar-refractivity contribution in [3.05, 3.63) is 29.8 Å². The highest BCUT2D eigenvalue weighted by atomic mass is 16.5. The van der Waals surface area contributed by atoms with Gasteiger partial charge in [0.15, 0.2) is 0 Å². The predicted octanol–water partition coefficient (Wildman–Crippen LogP) is 3.95. The van der Waals surface area contributed by atoms with Crippen molar-refractivity contribution in [2.24, 2.45) is 0 Å². The highest BCUT2D eigenvalue weighted by molar-refractivity contribution is 5.29. The monoisotopic (exact) mass is 304 g/mol. The van der Waals surface area contributed by atoms with Gasteiger partial charge in [-0.2, -0.15) is 0 Å². The molecule has 0 saturated carbocycles. The van der Waals surface area contributed by atoms with Crippen LogP contribution in [0, 0.1) is 0 Å². The number of benzene rings is 1. The summed E-state index contributed by atoms with van der Waals surface area (Å²) in [6.07, 6.45) is 3.91. The summed E-state index contributed by atoms with van der Waals surface area (Å²) in [6.45, 7) is 11.3. The lowest BCUT2D eigenvalue weighted by molar-refractivity contribution is 0.119. The van der Waals surface area contributed by atoms with Crippen molar-refractivity contribution >= 4 is 0 Å². The molecule has 0 aromatic heterocycles. The van der Waals surface area contributed by atoms with Gasteiger partial charge >= 0.3 is 0 Å². The second kappa shape index (κ2) is 8.54. The molecule has 0 bridgehead atoms. The molecule has 1 aromatic rings. The molecule has 2 unspecified atom stereocenters. The van der Waals surface area contributed by atoms with Gasteiger partial charge in [0.1, 0.15) is 5.75 Å². The number of ether oxygens (including phenoxy) is 1. The van der Waals surface area contributed by atoms with Gasteiger partial charge in [-0.25, -0.2) is 0 Å². The van der Waals surface area contributed by atoms with Crippen LogP contribution in [0.15, 0.2) is 24.3 Å². The minimum absolute atomic E-state index is 0.306. The van der Waals surface area contributed by atoms with Crippen molar-refractivity contribution in [2.75, 3.05) is 33.2 Å². The van der Waals surface area contributed by atoms with E-state index in [4.69, 9.17) is 4.74 Å². The summed E-state index contributed by atoms with van der Waals surface area (Å²) in [5.74, 6) is 0.998. The molecule has 1 heterocycles. The van der Waals surface area contributed by atoms with E-state index in [1.807, 2.05) is 0 Å². The summed E-state index contributed by atoms with van der Waals surface area (Å²) in [5, 5.41) is 0. The molecule has 0 aliphatic carbocycles. The molecule has 1 aromatic carbocycles. The number of likely N-dealkylation sites (N-methyl/N-ethyl adjacent to an activating group) is 1. The Balaban J connectivity index is 1.88. The minimum atomic E-state index is 0.306. The molecule has 1 aliphatic rings. The highest BCUT2D eigenvalue weighted by Crippen LogP contribution is 2.24. The number of unbranched alkanes of at least 4 members (excludes halogenated alkanes) is 1. The van der Waals surface area contributed by atoms with Crippen LogP contribution in [0.2, 0.25) is 0 Å². The number of hydrogen-bond donors (Lipinski definition) is 0. The maximum Gasteiger partial charge on any atom is 0.119 e. The zero-order valence-electron chi connectivity index (χ0n) is 14.7. The predicted molar refractivity (Wildman–Crippen MR) is 93.5 cm³/mol. The standard InChI is InChI=1S/C19H32N2O/c1-5-6-7-16(2)22-19-10-8-18(9-11-19)17(3)21-14-12-20(4)13-15-21/h8-11,16-17H,5-7,12-15H2,1-4H3. The second-order valence-corrected chi connectivity index (χ2v) is 6.65. The average molecular weight is 304 g/mol. The molecule has 1 fully saturated rings. The quantitative estimate of drug-likeness (QED) is 0.758. The maximum absolute atomic E-state index is 5.99. The van der Waals surface area contributed by atoms with Crippen LogP contribution in [0.1, 0.15) is 51.6 Å². The third-order valence-corrected chi connectivity index (χ3v) is 4.75. The molecule has 2 rings (SSSR count). The first-order valence-electron chi connectivity index (χ1n) is 8.79. The molecule has 0 radical (unpaired) electrons. The highest BCUT2D eigenvalue weighted by Gasteiger charge is 2.20. The van der Waals surface area contributed by atoms with Gasteiger partial charge in [-0.3, -0.25) is 4.90 Å². The smallest absolute Gasteiger partial charge is 0.119 e. The molecule has 0 amide bonds. The van der Waals surface area contributed by atoms with E-state index in [9.17, 15) is 0 Å². The molecular formula is C19H32N2O. The number of piperazine rings is 1. The molecule has 3 heteroatoms. The van der Waals surface area contributed by atoms with Crippen molar-refractivity contribution in [2.45, 2.75) is 52.2 Å². The zero-order chi connectivity index (χ0) is 15.9. The Bertz CT molecular complexity index is 424. The topological polar surface area (TPSA) is 15.7 Å². The third kappa shape index (κ3) is 4.99. The van der Waals surface area contributed by atoms with Gasteiger partial charge in [-0.05, 0) is 45.0 Å². The van der Waals surface area contributed by atoms with E-state index in [1.165, 1.54) is 31.5 Å². The summed E-state index contributed by atoms with van der Waals surface area (Å²) in [5.41, 5.74) is 1.39. The van der Waals surface area contributed by atoms with Gasteiger partial charge in [0, 0.05) is 32.2 Å². The summed E-state index contributed by atoms with van der Waals surface area (Å²) < 4.78 is 5.99. The normalized spacial score (nSPS) is 19.8. The summed E-state index contributed by atoms with van der Waals surface area (Å²) in [6, 6.07) is 9.20. The largest absolute Gasteiger partial charge is 0.491 e. The van der Waals surface area contributed by atoms with Crippen LogP contribution >= 0.6 is 0 Å². The van der Waals surface area contributed by atoms with Crippen molar-refractivity contribution in [3.63, 3.8) is 0 Å². The van der Waals surface area contributed by atoms with Gasteiger partial charge in [0.25, 0.3) is 0 Å². The molecule has 2 atom stereocenters. The Morgan fingerprint density at radius 2 is 1.68 bits per heavy atom. The first kappa shape index (κ1) is 17.3. The number of hydrogen-bond acceptors (Lipinski definition) is 3. The van der Waals surface area contributed by atoms with E-state index in [2.05, 4.69) is 61.9 Å². The van der Waals surface area contributed by atoms with Gasteiger partial charge in [0.05, 0.1) is 6.10 Å².